The molecule has 7 heteroatoms. The summed E-state index contributed by atoms with van der Waals surface area (Å²) in [7, 11) is 0. The van der Waals surface area contributed by atoms with Crippen molar-refractivity contribution in [3.05, 3.63) is 21.6 Å². The summed E-state index contributed by atoms with van der Waals surface area (Å²) in [5.74, 6) is 0.787. The third-order valence-electron chi connectivity index (χ3n) is 5.13. The average Bonchev–Trinajstić information content (AvgIpc) is 3.34. The minimum absolute atomic E-state index is 0.208. The van der Waals surface area contributed by atoms with Crippen LogP contribution in [-0.2, 0) is 4.79 Å². The minimum Gasteiger partial charge on any atom is -0.368 e. The first-order valence-electron chi connectivity index (χ1n) is 7.94. The molecule has 2 saturated heterocycles. The number of piperidine rings is 2. The number of hydrogen-bond acceptors (Lipinski definition) is 4. The minimum atomic E-state index is -0.347. The number of aromatic amines is 1. The average molecular weight is 323 g/mol. The van der Waals surface area contributed by atoms with Gasteiger partial charge in [-0.25, -0.2) is 5.10 Å². The van der Waals surface area contributed by atoms with E-state index in [0.29, 0.717) is 36.0 Å². The summed E-state index contributed by atoms with van der Waals surface area (Å²) in [5, 5.41) is 6.42. The lowest BCUT2D eigenvalue weighted by Crippen LogP contribution is -2.56. The van der Waals surface area contributed by atoms with Crippen LogP contribution in [-0.4, -0.2) is 46.2 Å². The maximum Gasteiger partial charge on any atom is 0.285 e. The molecule has 22 heavy (non-hydrogen) atoms. The Balaban J connectivity index is 1.56. The van der Waals surface area contributed by atoms with Gasteiger partial charge in [-0.1, -0.05) is 11.6 Å². The van der Waals surface area contributed by atoms with E-state index in [4.69, 9.17) is 11.6 Å². The number of nitrogens with one attached hydrogen (secondary N) is 1. The van der Waals surface area contributed by atoms with E-state index in [9.17, 15) is 9.59 Å². The summed E-state index contributed by atoms with van der Waals surface area (Å²) in [4.78, 5) is 28.1. The van der Waals surface area contributed by atoms with Gasteiger partial charge in [0, 0.05) is 31.6 Å². The van der Waals surface area contributed by atoms with Crippen LogP contribution in [0.5, 0.6) is 0 Å². The summed E-state index contributed by atoms with van der Waals surface area (Å²) in [6.45, 7) is 1.65. The van der Waals surface area contributed by atoms with Gasteiger partial charge < -0.3 is 9.80 Å². The van der Waals surface area contributed by atoms with Crippen LogP contribution in [0.25, 0.3) is 0 Å². The van der Waals surface area contributed by atoms with Crippen LogP contribution in [0.1, 0.15) is 32.1 Å². The summed E-state index contributed by atoms with van der Waals surface area (Å²) in [5.41, 5.74) is 0.360. The second kappa shape index (κ2) is 5.26. The Hall–Kier alpha value is -1.56. The Morgan fingerprint density at radius 3 is 2.82 bits per heavy atom. The highest BCUT2D eigenvalue weighted by molar-refractivity contribution is 6.33. The van der Waals surface area contributed by atoms with Crippen molar-refractivity contribution < 1.29 is 4.79 Å². The molecule has 1 saturated carbocycles. The SMILES string of the molecule is O=C1CC[C@@H]2CN(c3cn[nH]c(=O)c3Cl)CC[C@H]2N1C1CC1. The Morgan fingerprint density at radius 2 is 2.05 bits per heavy atom. The van der Waals surface area contributed by atoms with E-state index in [1.54, 1.807) is 6.20 Å². The summed E-state index contributed by atoms with van der Waals surface area (Å²) in [6, 6.07) is 0.843. The smallest absolute Gasteiger partial charge is 0.285 e. The van der Waals surface area contributed by atoms with E-state index in [0.717, 1.165) is 38.8 Å². The summed E-state index contributed by atoms with van der Waals surface area (Å²) < 4.78 is 0. The fraction of sp³-hybridized carbons (Fsp3) is 0.667. The van der Waals surface area contributed by atoms with Crippen LogP contribution in [0.3, 0.4) is 0 Å². The molecule has 6 nitrogen and oxygen atoms in total. The van der Waals surface area contributed by atoms with E-state index < -0.39 is 0 Å². The first-order chi connectivity index (χ1) is 10.6. The lowest BCUT2D eigenvalue weighted by atomic mass is 9.83. The molecule has 3 aliphatic rings. The summed E-state index contributed by atoms with van der Waals surface area (Å²) in [6.07, 6.45) is 6.45. The first kappa shape index (κ1) is 14.1. The highest BCUT2D eigenvalue weighted by Crippen LogP contribution is 2.40. The van der Waals surface area contributed by atoms with Crippen LogP contribution in [0.4, 0.5) is 5.69 Å². The zero-order valence-electron chi connectivity index (χ0n) is 12.3. The molecule has 118 valence electrons. The quantitative estimate of drug-likeness (QED) is 0.893. The van der Waals surface area contributed by atoms with Gasteiger partial charge in [0.1, 0.15) is 5.02 Å². The van der Waals surface area contributed by atoms with Crippen molar-refractivity contribution >= 4 is 23.2 Å². The largest absolute Gasteiger partial charge is 0.368 e. The summed E-state index contributed by atoms with van der Waals surface area (Å²) >= 11 is 6.12. The molecule has 2 atom stereocenters. The molecule has 0 bridgehead atoms. The molecule has 3 heterocycles. The van der Waals surface area contributed by atoms with Gasteiger partial charge in [0.2, 0.25) is 5.91 Å². The van der Waals surface area contributed by atoms with Gasteiger partial charge in [-0.15, -0.1) is 0 Å². The van der Waals surface area contributed by atoms with Gasteiger partial charge in [0.25, 0.3) is 5.56 Å². The van der Waals surface area contributed by atoms with Crippen molar-refractivity contribution in [3.63, 3.8) is 0 Å². The fourth-order valence-corrected chi connectivity index (χ4v) is 4.14. The number of rotatable bonds is 2. The molecular weight excluding hydrogens is 304 g/mol. The van der Waals surface area contributed by atoms with Gasteiger partial charge in [0.15, 0.2) is 0 Å². The van der Waals surface area contributed by atoms with Gasteiger partial charge in [-0.3, -0.25) is 9.59 Å². The Bertz CT molecular complexity index is 657. The predicted octanol–water partition coefficient (Wildman–Crippen LogP) is 1.40. The third-order valence-corrected chi connectivity index (χ3v) is 5.49. The normalized spacial score (nSPS) is 28.7. The van der Waals surface area contributed by atoms with E-state index >= 15 is 0 Å². The number of carbonyl (C=O) groups excluding carboxylic acids is 1. The molecule has 0 radical (unpaired) electrons. The molecule has 3 fully saturated rings. The van der Waals surface area contributed by atoms with Crippen LogP contribution < -0.4 is 10.5 Å². The highest BCUT2D eigenvalue weighted by atomic mass is 35.5. The monoisotopic (exact) mass is 322 g/mol. The molecule has 0 spiro atoms. The van der Waals surface area contributed by atoms with Crippen molar-refractivity contribution in [1.82, 2.24) is 15.1 Å². The number of likely N-dealkylation sites (tertiary alicyclic amines) is 1. The number of halogens is 1. The van der Waals surface area contributed by atoms with Crippen molar-refractivity contribution in [2.75, 3.05) is 18.0 Å². The van der Waals surface area contributed by atoms with E-state index in [1.165, 1.54) is 0 Å². The fourth-order valence-electron chi connectivity index (χ4n) is 3.93. The molecule has 1 aromatic rings. The molecule has 4 rings (SSSR count). The number of fused-ring (bicyclic) bond motifs is 1. The topological polar surface area (TPSA) is 69.3 Å². The van der Waals surface area contributed by atoms with Crippen molar-refractivity contribution in [2.24, 2.45) is 5.92 Å². The van der Waals surface area contributed by atoms with Crippen LogP contribution in [0.2, 0.25) is 5.02 Å². The van der Waals surface area contributed by atoms with Gasteiger partial charge in [0.05, 0.1) is 11.9 Å². The van der Waals surface area contributed by atoms with Gasteiger partial charge in [-0.2, -0.15) is 5.10 Å². The Morgan fingerprint density at radius 1 is 1.23 bits per heavy atom. The molecular formula is C15H19ClN4O2. The third kappa shape index (κ3) is 2.29. The van der Waals surface area contributed by atoms with Crippen molar-refractivity contribution in [3.8, 4) is 0 Å². The van der Waals surface area contributed by atoms with Crippen LogP contribution in [0.15, 0.2) is 11.0 Å². The molecule has 0 aromatic carbocycles. The second-order valence-electron chi connectivity index (χ2n) is 6.53. The van der Waals surface area contributed by atoms with Gasteiger partial charge in [-0.05, 0) is 31.6 Å². The van der Waals surface area contributed by atoms with E-state index in [-0.39, 0.29) is 10.6 Å². The highest BCUT2D eigenvalue weighted by Gasteiger charge is 2.45. The first-order valence-corrected chi connectivity index (χ1v) is 8.32. The maximum atomic E-state index is 12.2. The van der Waals surface area contributed by atoms with Crippen molar-refractivity contribution in [1.29, 1.82) is 0 Å². The molecule has 1 aliphatic carbocycles. The second-order valence-corrected chi connectivity index (χ2v) is 6.91. The lowest BCUT2D eigenvalue weighted by molar-refractivity contribution is -0.140. The zero-order chi connectivity index (χ0) is 15.3. The molecule has 1 aromatic heterocycles. The van der Waals surface area contributed by atoms with Crippen LogP contribution in [0, 0.1) is 5.92 Å². The van der Waals surface area contributed by atoms with E-state index in [2.05, 4.69) is 20.0 Å². The molecule has 0 unspecified atom stereocenters. The number of H-pyrrole nitrogens is 1. The maximum absolute atomic E-state index is 12.2. The predicted molar refractivity (Wildman–Crippen MR) is 83.1 cm³/mol. The zero-order valence-corrected chi connectivity index (χ0v) is 13.1. The standard InChI is InChI=1S/C15H19ClN4O2/c16-14-12(7-17-18-15(14)22)19-6-5-11-9(8-19)1-4-13(21)20(11)10-2-3-10/h7,9-11H,1-6,8H2,(H,18,22)/t9-,11-/m1/s1. The van der Waals surface area contributed by atoms with Crippen molar-refractivity contribution in [2.45, 2.75) is 44.2 Å². The number of carbonyl (C=O) groups is 1. The number of nitrogens with zero attached hydrogens (tertiary/aromatic N) is 3. The Kier molecular flexibility index (Phi) is 3.36. The van der Waals surface area contributed by atoms with E-state index in [1.807, 2.05) is 0 Å². The Labute approximate surface area is 133 Å². The lowest BCUT2D eigenvalue weighted by Gasteiger charge is -2.48. The molecule has 2 aliphatic heterocycles. The number of hydrogen-bond donors (Lipinski definition) is 1. The number of anilines is 1. The number of aromatic nitrogens is 2. The van der Waals surface area contributed by atoms with Crippen LogP contribution >= 0.6 is 11.6 Å². The van der Waals surface area contributed by atoms with Gasteiger partial charge >= 0.3 is 0 Å². The number of amides is 1. The molecule has 1 N–H and O–H groups in total. The molecule has 1 amide bonds.